The largest absolute Gasteiger partial charge is 0.316 e. The highest BCUT2D eigenvalue weighted by Crippen LogP contribution is 2.18. The number of nitro groups is 1. The Hall–Kier alpha value is -1.13. The van der Waals surface area contributed by atoms with Gasteiger partial charge < -0.3 is 5.32 Å². The molecule has 1 fully saturated rings. The highest BCUT2D eigenvalue weighted by Gasteiger charge is 2.13. The van der Waals surface area contributed by atoms with E-state index in [2.05, 4.69) is 5.32 Å². The third kappa shape index (κ3) is 3.98. The molecule has 17 heavy (non-hydrogen) atoms. The zero-order valence-electron chi connectivity index (χ0n) is 9.59. The third-order valence-electron chi connectivity index (χ3n) is 3.07. The van der Waals surface area contributed by atoms with Crippen molar-refractivity contribution in [1.82, 2.24) is 5.32 Å². The van der Waals surface area contributed by atoms with E-state index in [1.54, 1.807) is 12.1 Å². The number of hydrogen-bond acceptors (Lipinski definition) is 3. The summed E-state index contributed by atoms with van der Waals surface area (Å²) in [4.78, 5) is 10.1. The molecule has 0 radical (unpaired) electrons. The van der Waals surface area contributed by atoms with Gasteiger partial charge in [-0.2, -0.15) is 0 Å². The van der Waals surface area contributed by atoms with E-state index in [1.165, 1.54) is 18.4 Å². The molecule has 0 bridgehead atoms. The van der Waals surface area contributed by atoms with Crippen LogP contribution in [0.25, 0.3) is 0 Å². The Morgan fingerprint density at radius 2 is 2.06 bits per heavy atom. The predicted octanol–water partition coefficient (Wildman–Crippen LogP) is 2.56. The Balaban J connectivity index is 0.00000144. The fraction of sp³-hybridized carbons (Fsp3) is 0.500. The van der Waals surface area contributed by atoms with Gasteiger partial charge in [0.2, 0.25) is 0 Å². The molecule has 1 unspecified atom stereocenters. The Kier molecular flexibility index (Phi) is 5.38. The van der Waals surface area contributed by atoms with Crippen LogP contribution in [0, 0.1) is 16.0 Å². The Morgan fingerprint density at radius 3 is 2.59 bits per heavy atom. The van der Waals surface area contributed by atoms with Crippen LogP contribution in [0.4, 0.5) is 5.69 Å². The van der Waals surface area contributed by atoms with Crippen LogP contribution in [-0.2, 0) is 6.42 Å². The highest BCUT2D eigenvalue weighted by atomic mass is 35.5. The Bertz CT molecular complexity index is 361. The van der Waals surface area contributed by atoms with Gasteiger partial charge in [0.1, 0.15) is 0 Å². The molecular formula is C12H17ClN2O2. The lowest BCUT2D eigenvalue weighted by Gasteiger charge is -2.22. The van der Waals surface area contributed by atoms with Crippen LogP contribution in [0.5, 0.6) is 0 Å². The third-order valence-corrected chi connectivity index (χ3v) is 3.07. The predicted molar refractivity (Wildman–Crippen MR) is 69.6 cm³/mol. The van der Waals surface area contributed by atoms with Gasteiger partial charge in [-0.05, 0) is 43.8 Å². The second kappa shape index (κ2) is 6.57. The average Bonchev–Trinajstić information content (AvgIpc) is 2.31. The van der Waals surface area contributed by atoms with Gasteiger partial charge in [-0.1, -0.05) is 12.1 Å². The van der Waals surface area contributed by atoms with Crippen LogP contribution in [0.3, 0.4) is 0 Å². The molecule has 1 aromatic carbocycles. The molecule has 2 rings (SSSR count). The number of benzene rings is 1. The number of nitrogens with zero attached hydrogens (tertiary/aromatic N) is 1. The molecule has 0 aromatic heterocycles. The zero-order chi connectivity index (χ0) is 11.4. The molecule has 4 nitrogen and oxygen atoms in total. The van der Waals surface area contributed by atoms with Crippen molar-refractivity contribution < 1.29 is 4.92 Å². The molecular weight excluding hydrogens is 240 g/mol. The van der Waals surface area contributed by atoms with Crippen molar-refractivity contribution >= 4 is 18.1 Å². The van der Waals surface area contributed by atoms with E-state index in [4.69, 9.17) is 0 Å². The summed E-state index contributed by atoms with van der Waals surface area (Å²) in [6.07, 6.45) is 3.51. The topological polar surface area (TPSA) is 55.2 Å². The highest BCUT2D eigenvalue weighted by molar-refractivity contribution is 5.85. The average molecular weight is 257 g/mol. The summed E-state index contributed by atoms with van der Waals surface area (Å²) in [6, 6.07) is 6.91. The minimum Gasteiger partial charge on any atom is -0.316 e. The van der Waals surface area contributed by atoms with Crippen molar-refractivity contribution in [2.75, 3.05) is 13.1 Å². The summed E-state index contributed by atoms with van der Waals surface area (Å²) in [5.74, 6) is 0.676. The maximum absolute atomic E-state index is 10.5. The second-order valence-electron chi connectivity index (χ2n) is 4.34. The zero-order valence-corrected chi connectivity index (χ0v) is 10.4. The molecule has 94 valence electrons. The van der Waals surface area contributed by atoms with Crippen LogP contribution in [0.15, 0.2) is 24.3 Å². The van der Waals surface area contributed by atoms with E-state index >= 15 is 0 Å². The molecule has 0 spiro atoms. The van der Waals surface area contributed by atoms with Gasteiger partial charge >= 0.3 is 0 Å². The number of rotatable bonds is 3. The standard InChI is InChI=1S/C12H16N2O2.ClH/c15-14(16)12-5-3-10(4-6-12)8-11-2-1-7-13-9-11;/h3-6,11,13H,1-2,7-9H2;1H. The monoisotopic (exact) mass is 256 g/mol. The van der Waals surface area contributed by atoms with E-state index in [-0.39, 0.29) is 23.0 Å². The van der Waals surface area contributed by atoms with Gasteiger partial charge in [0.05, 0.1) is 4.92 Å². The quantitative estimate of drug-likeness (QED) is 0.668. The maximum atomic E-state index is 10.5. The molecule has 1 heterocycles. The number of nitrogens with one attached hydrogen (secondary N) is 1. The van der Waals surface area contributed by atoms with E-state index in [0.717, 1.165) is 19.5 Å². The maximum Gasteiger partial charge on any atom is 0.269 e. The first-order chi connectivity index (χ1) is 7.75. The molecule has 1 N–H and O–H groups in total. The van der Waals surface area contributed by atoms with Crippen LogP contribution in [0.2, 0.25) is 0 Å². The van der Waals surface area contributed by atoms with Crippen molar-refractivity contribution in [3.05, 3.63) is 39.9 Å². The molecule has 0 saturated carbocycles. The van der Waals surface area contributed by atoms with E-state index in [1.807, 2.05) is 12.1 Å². The summed E-state index contributed by atoms with van der Waals surface area (Å²) in [7, 11) is 0. The summed E-state index contributed by atoms with van der Waals surface area (Å²) < 4.78 is 0. The summed E-state index contributed by atoms with van der Waals surface area (Å²) in [5.41, 5.74) is 1.37. The lowest BCUT2D eigenvalue weighted by molar-refractivity contribution is -0.384. The van der Waals surface area contributed by atoms with Crippen LogP contribution in [-0.4, -0.2) is 18.0 Å². The molecule has 0 aliphatic carbocycles. The van der Waals surface area contributed by atoms with E-state index in [9.17, 15) is 10.1 Å². The first kappa shape index (κ1) is 13.9. The SMILES string of the molecule is Cl.O=[N+]([O-])c1ccc(CC2CCCNC2)cc1. The number of piperidine rings is 1. The van der Waals surface area contributed by atoms with Crippen molar-refractivity contribution in [3.63, 3.8) is 0 Å². The fourth-order valence-corrected chi connectivity index (χ4v) is 2.19. The van der Waals surface area contributed by atoms with Crippen LogP contribution >= 0.6 is 12.4 Å². The van der Waals surface area contributed by atoms with Gasteiger partial charge in [0.15, 0.2) is 0 Å². The lowest BCUT2D eigenvalue weighted by Crippen LogP contribution is -2.30. The van der Waals surface area contributed by atoms with Crippen molar-refractivity contribution in [2.24, 2.45) is 5.92 Å². The lowest BCUT2D eigenvalue weighted by atomic mass is 9.92. The van der Waals surface area contributed by atoms with Crippen molar-refractivity contribution in [2.45, 2.75) is 19.3 Å². The molecule has 1 aromatic rings. The number of halogens is 1. The normalized spacial score (nSPS) is 19.4. The van der Waals surface area contributed by atoms with Crippen LogP contribution in [0.1, 0.15) is 18.4 Å². The minimum absolute atomic E-state index is 0. The second-order valence-corrected chi connectivity index (χ2v) is 4.34. The summed E-state index contributed by atoms with van der Waals surface area (Å²) in [5, 5.41) is 13.9. The number of hydrogen-bond donors (Lipinski definition) is 1. The molecule has 1 aliphatic heterocycles. The summed E-state index contributed by atoms with van der Waals surface area (Å²) in [6.45, 7) is 2.19. The van der Waals surface area contributed by atoms with Gasteiger partial charge in [-0.3, -0.25) is 10.1 Å². The van der Waals surface area contributed by atoms with Crippen molar-refractivity contribution in [3.8, 4) is 0 Å². The van der Waals surface area contributed by atoms with Crippen LogP contribution < -0.4 is 5.32 Å². The van der Waals surface area contributed by atoms with Gasteiger partial charge in [-0.15, -0.1) is 12.4 Å². The first-order valence-electron chi connectivity index (χ1n) is 5.70. The molecule has 0 amide bonds. The number of nitro benzene ring substituents is 1. The summed E-state index contributed by atoms with van der Waals surface area (Å²) >= 11 is 0. The first-order valence-corrected chi connectivity index (χ1v) is 5.70. The molecule has 5 heteroatoms. The van der Waals surface area contributed by atoms with Gasteiger partial charge in [0, 0.05) is 12.1 Å². The number of non-ortho nitro benzene ring substituents is 1. The van der Waals surface area contributed by atoms with Gasteiger partial charge in [0.25, 0.3) is 5.69 Å². The minimum atomic E-state index is -0.355. The smallest absolute Gasteiger partial charge is 0.269 e. The Morgan fingerprint density at radius 1 is 1.35 bits per heavy atom. The van der Waals surface area contributed by atoms with E-state index < -0.39 is 0 Å². The van der Waals surface area contributed by atoms with Gasteiger partial charge in [-0.25, -0.2) is 0 Å². The Labute approximate surface area is 107 Å². The molecule has 1 atom stereocenters. The molecule has 1 saturated heterocycles. The molecule has 1 aliphatic rings. The van der Waals surface area contributed by atoms with E-state index in [0.29, 0.717) is 5.92 Å². The van der Waals surface area contributed by atoms with Crippen molar-refractivity contribution in [1.29, 1.82) is 0 Å². The fourth-order valence-electron chi connectivity index (χ4n) is 2.19.